The monoisotopic (exact) mass is 460 g/mol. The van der Waals surface area contributed by atoms with E-state index in [1.807, 2.05) is 20.8 Å². The highest BCUT2D eigenvalue weighted by atomic mass is 32.1. The number of hydrogen-bond acceptors (Lipinski definition) is 5. The lowest BCUT2D eigenvalue weighted by molar-refractivity contribution is 0.0989. The molecule has 0 saturated heterocycles. The van der Waals surface area contributed by atoms with Crippen molar-refractivity contribution in [3.8, 4) is 0 Å². The summed E-state index contributed by atoms with van der Waals surface area (Å²) in [5, 5.41) is 0.402. The summed E-state index contributed by atoms with van der Waals surface area (Å²) < 4.78 is 16.4. The van der Waals surface area contributed by atoms with Gasteiger partial charge in [-0.25, -0.2) is 9.18 Å². The minimum Gasteiger partial charge on any atom is -0.383 e. The van der Waals surface area contributed by atoms with Gasteiger partial charge < -0.3 is 5.73 Å². The number of rotatable bonds is 8. The lowest BCUT2D eigenvalue weighted by Crippen LogP contribution is -2.42. The van der Waals surface area contributed by atoms with E-state index in [0.29, 0.717) is 39.9 Å². The summed E-state index contributed by atoms with van der Waals surface area (Å²) in [5.41, 5.74) is 5.46. The molecule has 0 saturated carbocycles. The van der Waals surface area contributed by atoms with Gasteiger partial charge in [-0.05, 0) is 43.4 Å². The zero-order valence-electron chi connectivity index (χ0n) is 18.8. The van der Waals surface area contributed by atoms with Crippen molar-refractivity contribution in [2.45, 2.75) is 53.5 Å². The molecule has 2 aromatic heterocycles. The number of benzene rings is 1. The molecule has 3 rings (SSSR count). The van der Waals surface area contributed by atoms with Gasteiger partial charge in [0.1, 0.15) is 11.6 Å². The van der Waals surface area contributed by atoms with E-state index in [-0.39, 0.29) is 24.0 Å². The van der Waals surface area contributed by atoms with Crippen LogP contribution < -0.4 is 21.9 Å². The quantitative estimate of drug-likeness (QED) is 0.524. The van der Waals surface area contributed by atoms with Crippen molar-refractivity contribution in [2.75, 3.05) is 17.2 Å². The Hall–Kier alpha value is -2.94. The highest BCUT2D eigenvalue weighted by Gasteiger charge is 2.28. The second-order valence-electron chi connectivity index (χ2n) is 8.31. The molecule has 0 unspecified atom stereocenters. The van der Waals surface area contributed by atoms with Crippen molar-refractivity contribution in [1.82, 2.24) is 9.55 Å². The van der Waals surface area contributed by atoms with E-state index in [9.17, 15) is 18.8 Å². The van der Waals surface area contributed by atoms with E-state index >= 15 is 0 Å². The summed E-state index contributed by atoms with van der Waals surface area (Å²) >= 11 is 1.18. The molecule has 0 spiro atoms. The number of hydrogen-bond donors (Lipinski definition) is 2. The molecule has 1 aromatic carbocycles. The van der Waals surface area contributed by atoms with Crippen molar-refractivity contribution in [3.05, 3.63) is 55.3 Å². The van der Waals surface area contributed by atoms with Gasteiger partial charge in [-0.15, -0.1) is 11.3 Å². The minimum atomic E-state index is -0.706. The summed E-state index contributed by atoms with van der Waals surface area (Å²) in [6, 6.07) is 4.72. The molecule has 7 nitrogen and oxygen atoms in total. The van der Waals surface area contributed by atoms with Crippen LogP contribution in [0.4, 0.5) is 15.9 Å². The number of H-pyrrole nitrogens is 1. The number of aromatic nitrogens is 2. The molecule has 0 bridgehead atoms. The van der Waals surface area contributed by atoms with Gasteiger partial charge >= 0.3 is 5.69 Å². The number of unbranched alkanes of at least 4 members (excludes halogenated alkanes) is 1. The molecule has 0 aliphatic heterocycles. The molecule has 0 fully saturated rings. The summed E-state index contributed by atoms with van der Waals surface area (Å²) in [7, 11) is 0. The molecule has 2 heterocycles. The van der Waals surface area contributed by atoms with Crippen LogP contribution in [0.3, 0.4) is 0 Å². The van der Waals surface area contributed by atoms with Crippen molar-refractivity contribution in [3.63, 3.8) is 0 Å². The first-order valence-electron chi connectivity index (χ1n) is 10.8. The Bertz CT molecular complexity index is 1260. The van der Waals surface area contributed by atoms with Crippen molar-refractivity contribution < 1.29 is 9.18 Å². The molecular formula is C23H29FN4O3S. The number of halogens is 1. The summed E-state index contributed by atoms with van der Waals surface area (Å²) in [6.45, 7) is 8.29. The first-order chi connectivity index (χ1) is 15.2. The van der Waals surface area contributed by atoms with E-state index in [1.165, 1.54) is 26.9 Å². The maximum atomic E-state index is 14.4. The highest BCUT2D eigenvalue weighted by molar-refractivity contribution is 7.21. The maximum Gasteiger partial charge on any atom is 0.330 e. The Balaban J connectivity index is 2.18. The second kappa shape index (κ2) is 9.68. The molecule has 1 amide bonds. The molecule has 0 radical (unpaired) electrons. The van der Waals surface area contributed by atoms with Crippen LogP contribution in [0.2, 0.25) is 0 Å². The number of nitrogens with zero attached hydrogens (tertiary/aromatic N) is 2. The number of thiophene rings is 1. The number of carbonyl (C=O) groups is 1. The van der Waals surface area contributed by atoms with Gasteiger partial charge in [0.25, 0.3) is 11.5 Å². The number of nitrogens with two attached hydrogens (primary N) is 1. The fraction of sp³-hybridized carbons (Fsp3) is 0.435. The van der Waals surface area contributed by atoms with Crippen molar-refractivity contribution in [2.24, 2.45) is 5.92 Å². The zero-order valence-corrected chi connectivity index (χ0v) is 19.6. The minimum absolute atomic E-state index is 0.0331. The lowest BCUT2D eigenvalue weighted by atomic mass is 10.1. The van der Waals surface area contributed by atoms with E-state index < -0.39 is 23.0 Å². The molecule has 9 heteroatoms. The molecule has 0 aliphatic carbocycles. The topological polar surface area (TPSA) is 101 Å². The normalized spacial score (nSPS) is 11.4. The Morgan fingerprint density at radius 3 is 2.66 bits per heavy atom. The van der Waals surface area contributed by atoms with Crippen LogP contribution in [-0.2, 0) is 6.54 Å². The van der Waals surface area contributed by atoms with Gasteiger partial charge in [-0.2, -0.15) is 0 Å². The lowest BCUT2D eigenvalue weighted by Gasteiger charge is -2.25. The summed E-state index contributed by atoms with van der Waals surface area (Å²) in [5.74, 6) is -0.594. The average Bonchev–Trinajstić information content (AvgIpc) is 3.07. The molecule has 3 aromatic rings. The number of aryl methyl sites for hydroxylation is 1. The van der Waals surface area contributed by atoms with Gasteiger partial charge in [0, 0.05) is 23.2 Å². The zero-order chi connectivity index (χ0) is 23.6. The van der Waals surface area contributed by atoms with Gasteiger partial charge in [-0.3, -0.25) is 24.0 Å². The first-order valence-corrected chi connectivity index (χ1v) is 11.6. The molecular weight excluding hydrogens is 431 g/mol. The Labute approximate surface area is 189 Å². The van der Waals surface area contributed by atoms with Crippen LogP contribution >= 0.6 is 11.3 Å². The third-order valence-corrected chi connectivity index (χ3v) is 6.74. The maximum absolute atomic E-state index is 14.4. The average molecular weight is 461 g/mol. The van der Waals surface area contributed by atoms with Crippen molar-refractivity contribution >= 4 is 38.8 Å². The van der Waals surface area contributed by atoms with Gasteiger partial charge in [-0.1, -0.05) is 33.3 Å². The Morgan fingerprint density at radius 1 is 1.31 bits per heavy atom. The van der Waals surface area contributed by atoms with E-state index in [4.69, 9.17) is 5.73 Å². The molecule has 172 valence electrons. The third kappa shape index (κ3) is 4.48. The number of nitrogen functional groups attached to an aromatic ring is 1. The molecule has 32 heavy (non-hydrogen) atoms. The first kappa shape index (κ1) is 23.7. The standard InChI is InChI=1S/C23H29FN4O3S/c1-5-6-11-28-20(25)18(21(29)26-23(28)31)27(12-10-13(2)3)22(30)19-14(4)17-15(24)8-7-9-16(17)32-19/h7-9,13H,5-6,10-12,25H2,1-4H3,(H,26,29,31). The Kier molecular flexibility index (Phi) is 7.18. The largest absolute Gasteiger partial charge is 0.383 e. The van der Waals surface area contributed by atoms with E-state index in [1.54, 1.807) is 19.1 Å². The number of amides is 1. The van der Waals surface area contributed by atoms with Crippen LogP contribution in [0.25, 0.3) is 10.1 Å². The second-order valence-corrected chi connectivity index (χ2v) is 9.36. The van der Waals surface area contributed by atoms with Crippen LogP contribution in [-0.4, -0.2) is 22.0 Å². The molecule has 0 atom stereocenters. The fourth-order valence-corrected chi connectivity index (χ4v) is 4.83. The summed E-state index contributed by atoms with van der Waals surface area (Å²) in [6.07, 6.45) is 2.16. The highest BCUT2D eigenvalue weighted by Crippen LogP contribution is 2.34. The van der Waals surface area contributed by atoms with Gasteiger partial charge in [0.05, 0.1) is 4.88 Å². The van der Waals surface area contributed by atoms with E-state index in [0.717, 1.165) is 6.42 Å². The van der Waals surface area contributed by atoms with Gasteiger partial charge in [0.15, 0.2) is 5.69 Å². The van der Waals surface area contributed by atoms with Crippen LogP contribution in [0.1, 0.15) is 55.3 Å². The fourth-order valence-electron chi connectivity index (χ4n) is 3.66. The predicted octanol–water partition coefficient (Wildman–Crippen LogP) is 4.27. The SMILES string of the molecule is CCCCn1c(N)c(N(CCC(C)C)C(=O)c2sc3cccc(F)c3c2C)c(=O)[nH]c1=O. The van der Waals surface area contributed by atoms with Crippen LogP contribution in [0, 0.1) is 18.7 Å². The number of anilines is 2. The van der Waals surface area contributed by atoms with Gasteiger partial charge in [0.2, 0.25) is 0 Å². The smallest absolute Gasteiger partial charge is 0.330 e. The number of fused-ring (bicyclic) bond motifs is 1. The van der Waals surface area contributed by atoms with Crippen LogP contribution in [0.15, 0.2) is 27.8 Å². The molecule has 0 aliphatic rings. The third-order valence-electron chi connectivity index (χ3n) is 5.49. The van der Waals surface area contributed by atoms with E-state index in [2.05, 4.69) is 4.98 Å². The van der Waals surface area contributed by atoms with Crippen molar-refractivity contribution in [1.29, 1.82) is 0 Å². The predicted molar refractivity (Wildman–Crippen MR) is 128 cm³/mol. The Morgan fingerprint density at radius 2 is 2.03 bits per heavy atom. The summed E-state index contributed by atoms with van der Waals surface area (Å²) in [4.78, 5) is 42.8. The number of aromatic amines is 1. The number of nitrogens with one attached hydrogen (secondary N) is 1. The number of carbonyl (C=O) groups excluding carboxylic acids is 1. The molecule has 3 N–H and O–H groups in total. The van der Waals surface area contributed by atoms with Crippen LogP contribution in [0.5, 0.6) is 0 Å².